The van der Waals surface area contributed by atoms with Crippen LogP contribution in [0.4, 0.5) is 10.5 Å². The second-order valence-corrected chi connectivity index (χ2v) is 6.56. The lowest BCUT2D eigenvalue weighted by Gasteiger charge is -2.14. The lowest BCUT2D eigenvalue weighted by molar-refractivity contribution is 0.0698. The number of rotatable bonds is 4. The van der Waals surface area contributed by atoms with Crippen LogP contribution in [0.5, 0.6) is 0 Å². The van der Waals surface area contributed by atoms with Gasteiger partial charge in [0.1, 0.15) is 0 Å². The molecule has 0 bridgehead atoms. The molecule has 1 atom stereocenters. The fourth-order valence-corrected chi connectivity index (χ4v) is 2.99. The largest absolute Gasteiger partial charge is 0.478 e. The van der Waals surface area contributed by atoms with Crippen LogP contribution in [-0.2, 0) is 0 Å². The Morgan fingerprint density at radius 3 is 2.71 bits per heavy atom. The average Bonchev–Trinajstić information content (AvgIpc) is 2.94. The van der Waals surface area contributed by atoms with Crippen molar-refractivity contribution in [3.8, 4) is 0 Å². The third kappa shape index (κ3) is 4.18. The number of anilines is 1. The van der Waals surface area contributed by atoms with Crippen molar-refractivity contribution in [1.82, 2.24) is 5.32 Å². The number of aromatic carboxylic acids is 1. The van der Waals surface area contributed by atoms with Gasteiger partial charge in [-0.2, -0.15) is 0 Å². The van der Waals surface area contributed by atoms with E-state index in [0.29, 0.717) is 0 Å². The molecule has 5 nitrogen and oxygen atoms in total. The first-order chi connectivity index (χ1) is 9.97. The van der Waals surface area contributed by atoms with Crippen LogP contribution in [0.2, 0.25) is 0 Å². The van der Waals surface area contributed by atoms with E-state index in [9.17, 15) is 9.59 Å². The molecule has 2 rings (SSSR count). The molecular weight excluding hydrogens is 403 g/mol. The molecule has 0 saturated heterocycles. The monoisotopic (exact) mass is 416 g/mol. The van der Waals surface area contributed by atoms with Gasteiger partial charge in [0.15, 0.2) is 0 Å². The number of amides is 2. The maximum Gasteiger partial charge on any atom is 0.337 e. The predicted octanol–water partition coefficient (Wildman–Crippen LogP) is 3.93. The Hall–Kier alpha value is -1.61. The van der Waals surface area contributed by atoms with E-state index in [0.717, 1.165) is 8.45 Å². The number of halogens is 1. The molecule has 2 aromatic rings. The Balaban J connectivity index is 2.08. The van der Waals surface area contributed by atoms with Gasteiger partial charge < -0.3 is 15.7 Å². The molecule has 1 heterocycles. The van der Waals surface area contributed by atoms with Gasteiger partial charge in [-0.05, 0) is 59.2 Å². The van der Waals surface area contributed by atoms with E-state index in [2.05, 4.69) is 10.6 Å². The van der Waals surface area contributed by atoms with Crippen LogP contribution < -0.4 is 10.6 Å². The fraction of sp³-hybridized carbons (Fsp3) is 0.143. The highest BCUT2D eigenvalue weighted by Crippen LogP contribution is 2.20. The molecule has 1 unspecified atom stereocenters. The minimum Gasteiger partial charge on any atom is -0.478 e. The molecule has 110 valence electrons. The highest BCUT2D eigenvalue weighted by molar-refractivity contribution is 14.1. The van der Waals surface area contributed by atoms with Gasteiger partial charge in [0, 0.05) is 8.45 Å². The lowest BCUT2D eigenvalue weighted by Crippen LogP contribution is -2.31. The number of thiophene rings is 1. The molecule has 0 radical (unpaired) electrons. The Labute approximate surface area is 139 Å². The summed E-state index contributed by atoms with van der Waals surface area (Å²) in [6, 6.07) is 8.12. The molecule has 0 saturated carbocycles. The van der Waals surface area contributed by atoms with Crippen molar-refractivity contribution in [1.29, 1.82) is 0 Å². The van der Waals surface area contributed by atoms with Gasteiger partial charge in [0.25, 0.3) is 0 Å². The van der Waals surface area contributed by atoms with E-state index >= 15 is 0 Å². The van der Waals surface area contributed by atoms with Crippen molar-refractivity contribution in [2.75, 3.05) is 5.32 Å². The molecule has 7 heteroatoms. The second-order valence-electron chi connectivity index (χ2n) is 4.33. The molecule has 0 aliphatic rings. The summed E-state index contributed by atoms with van der Waals surface area (Å²) in [6.07, 6.45) is 0. The number of carbonyl (C=O) groups is 2. The Morgan fingerprint density at radius 2 is 2.10 bits per heavy atom. The minimum atomic E-state index is -1.07. The highest BCUT2D eigenvalue weighted by atomic mass is 127. The van der Waals surface area contributed by atoms with E-state index in [1.165, 1.54) is 6.07 Å². The maximum absolute atomic E-state index is 12.0. The van der Waals surface area contributed by atoms with E-state index in [1.807, 2.05) is 47.0 Å². The number of carbonyl (C=O) groups excluding carboxylic acids is 1. The van der Waals surface area contributed by atoms with Crippen molar-refractivity contribution in [2.24, 2.45) is 0 Å². The van der Waals surface area contributed by atoms with Crippen LogP contribution in [0.1, 0.15) is 28.2 Å². The maximum atomic E-state index is 12.0. The summed E-state index contributed by atoms with van der Waals surface area (Å²) in [4.78, 5) is 24.2. The molecule has 1 aromatic heterocycles. The van der Waals surface area contributed by atoms with Crippen molar-refractivity contribution in [2.45, 2.75) is 13.0 Å². The lowest BCUT2D eigenvalue weighted by atomic mass is 10.2. The van der Waals surface area contributed by atoms with Crippen molar-refractivity contribution in [3.63, 3.8) is 0 Å². The van der Waals surface area contributed by atoms with Crippen LogP contribution in [-0.4, -0.2) is 17.1 Å². The Bertz CT molecular complexity index is 658. The highest BCUT2D eigenvalue weighted by Gasteiger charge is 2.15. The number of hydrogen-bond acceptors (Lipinski definition) is 3. The van der Waals surface area contributed by atoms with Gasteiger partial charge in [0.2, 0.25) is 0 Å². The smallest absolute Gasteiger partial charge is 0.337 e. The molecule has 1 aromatic carbocycles. The molecule has 0 spiro atoms. The van der Waals surface area contributed by atoms with Gasteiger partial charge in [-0.15, -0.1) is 11.3 Å². The molecule has 2 amide bonds. The summed E-state index contributed by atoms with van der Waals surface area (Å²) in [7, 11) is 0. The first-order valence-electron chi connectivity index (χ1n) is 6.11. The number of carboxylic acid groups (broad SMARTS) is 1. The first kappa shape index (κ1) is 15.8. The van der Waals surface area contributed by atoms with Gasteiger partial charge >= 0.3 is 12.0 Å². The van der Waals surface area contributed by atoms with Crippen LogP contribution >= 0.6 is 33.9 Å². The summed E-state index contributed by atoms with van der Waals surface area (Å²) in [5, 5.41) is 16.5. The summed E-state index contributed by atoms with van der Waals surface area (Å²) >= 11 is 3.58. The number of nitrogens with one attached hydrogen (secondary N) is 2. The quantitative estimate of drug-likeness (QED) is 0.661. The molecule has 3 N–H and O–H groups in total. The minimum absolute atomic E-state index is 0.0702. The SMILES string of the molecule is CC(NC(=O)Nc1ccc(I)cc1C(=O)O)c1cccs1. The van der Waals surface area contributed by atoms with Crippen molar-refractivity contribution in [3.05, 3.63) is 49.7 Å². The van der Waals surface area contributed by atoms with E-state index < -0.39 is 12.0 Å². The van der Waals surface area contributed by atoms with Gasteiger partial charge in [-0.25, -0.2) is 9.59 Å². The summed E-state index contributed by atoms with van der Waals surface area (Å²) in [6.45, 7) is 1.87. The molecule has 21 heavy (non-hydrogen) atoms. The fourth-order valence-electron chi connectivity index (χ4n) is 1.77. The van der Waals surface area contributed by atoms with Crippen LogP contribution in [0.15, 0.2) is 35.7 Å². The third-order valence-corrected chi connectivity index (χ3v) is 4.50. The van der Waals surface area contributed by atoms with Gasteiger partial charge in [-0.1, -0.05) is 6.07 Å². The Morgan fingerprint density at radius 1 is 1.33 bits per heavy atom. The predicted molar refractivity (Wildman–Crippen MR) is 91.0 cm³/mol. The third-order valence-electron chi connectivity index (χ3n) is 2.78. The topological polar surface area (TPSA) is 78.4 Å². The number of urea groups is 1. The van der Waals surface area contributed by atoms with Gasteiger partial charge in [0.05, 0.1) is 17.3 Å². The zero-order valence-corrected chi connectivity index (χ0v) is 14.1. The second kappa shape index (κ2) is 6.90. The zero-order valence-electron chi connectivity index (χ0n) is 11.1. The summed E-state index contributed by atoms with van der Waals surface area (Å²) in [5.41, 5.74) is 0.347. The van der Waals surface area contributed by atoms with Crippen molar-refractivity contribution < 1.29 is 14.7 Å². The zero-order chi connectivity index (χ0) is 15.4. The van der Waals surface area contributed by atoms with E-state index in [1.54, 1.807) is 23.5 Å². The molecule has 0 aliphatic heterocycles. The normalized spacial score (nSPS) is 11.7. The average molecular weight is 416 g/mol. The molecule has 0 fully saturated rings. The van der Waals surface area contributed by atoms with E-state index in [4.69, 9.17) is 5.11 Å². The molecule has 0 aliphatic carbocycles. The Kier molecular flexibility index (Phi) is 5.18. The van der Waals surface area contributed by atoms with Crippen molar-refractivity contribution >= 4 is 51.6 Å². The van der Waals surface area contributed by atoms with Crippen LogP contribution in [0.3, 0.4) is 0 Å². The number of carboxylic acids is 1. The van der Waals surface area contributed by atoms with Crippen LogP contribution in [0.25, 0.3) is 0 Å². The summed E-state index contributed by atoms with van der Waals surface area (Å²) < 4.78 is 0.794. The van der Waals surface area contributed by atoms with Crippen LogP contribution in [0, 0.1) is 3.57 Å². The molecular formula is C14H13IN2O3S. The first-order valence-corrected chi connectivity index (χ1v) is 8.07. The summed E-state index contributed by atoms with van der Waals surface area (Å²) in [5.74, 6) is -1.07. The van der Waals surface area contributed by atoms with E-state index in [-0.39, 0.29) is 17.3 Å². The van der Waals surface area contributed by atoms with Gasteiger partial charge in [-0.3, -0.25) is 0 Å². The standard InChI is InChI=1S/C14H13IN2O3S/c1-8(12-3-2-6-21-12)16-14(20)17-11-5-4-9(15)7-10(11)13(18)19/h2-8H,1H3,(H,18,19)(H2,16,17,20). The number of benzene rings is 1. The number of hydrogen-bond donors (Lipinski definition) is 3.